The molecule has 0 fully saturated rings. The van der Waals surface area contributed by atoms with E-state index in [1.807, 2.05) is 45.9 Å². The highest BCUT2D eigenvalue weighted by Gasteiger charge is 2.16. The van der Waals surface area contributed by atoms with E-state index in [4.69, 9.17) is 16.3 Å². The van der Waals surface area contributed by atoms with Crippen LogP contribution in [0, 0.1) is 6.92 Å². The summed E-state index contributed by atoms with van der Waals surface area (Å²) in [5.41, 5.74) is 2.74. The van der Waals surface area contributed by atoms with E-state index in [9.17, 15) is 4.79 Å². The number of halogens is 1. The van der Waals surface area contributed by atoms with Crippen molar-refractivity contribution in [2.24, 2.45) is 0 Å². The number of carbonyl (C=O) groups excluding carboxylic acids is 1. The SMILES string of the molecule is Cc1[nH]c2cccc(Cl)c2c1CCNC(=O)OC(C)(C)C. The molecule has 0 aliphatic carbocycles. The van der Waals surface area contributed by atoms with Crippen molar-refractivity contribution in [3.8, 4) is 0 Å². The van der Waals surface area contributed by atoms with Crippen LogP contribution in [-0.2, 0) is 11.2 Å². The van der Waals surface area contributed by atoms with Crippen LogP contribution in [0.3, 0.4) is 0 Å². The quantitative estimate of drug-likeness (QED) is 0.893. The first-order valence-corrected chi connectivity index (χ1v) is 7.38. The van der Waals surface area contributed by atoms with Crippen LogP contribution >= 0.6 is 11.6 Å². The lowest BCUT2D eigenvalue weighted by Crippen LogP contribution is -2.33. The minimum Gasteiger partial charge on any atom is -0.444 e. The van der Waals surface area contributed by atoms with E-state index >= 15 is 0 Å². The summed E-state index contributed by atoms with van der Waals surface area (Å²) >= 11 is 6.27. The maximum atomic E-state index is 11.6. The Balaban J connectivity index is 2.04. The number of aromatic amines is 1. The van der Waals surface area contributed by atoms with Crippen LogP contribution in [0.4, 0.5) is 4.79 Å². The fourth-order valence-corrected chi connectivity index (χ4v) is 2.60. The third-order valence-corrected chi connectivity index (χ3v) is 3.45. The molecule has 1 aromatic heterocycles. The zero-order valence-corrected chi connectivity index (χ0v) is 13.6. The first-order valence-electron chi connectivity index (χ1n) is 7.00. The smallest absolute Gasteiger partial charge is 0.407 e. The molecule has 2 rings (SSSR count). The predicted molar refractivity (Wildman–Crippen MR) is 86.0 cm³/mol. The minimum absolute atomic E-state index is 0.397. The average molecular weight is 309 g/mol. The van der Waals surface area contributed by atoms with Crippen molar-refractivity contribution in [1.82, 2.24) is 10.3 Å². The maximum Gasteiger partial charge on any atom is 0.407 e. The molecule has 4 nitrogen and oxygen atoms in total. The van der Waals surface area contributed by atoms with E-state index < -0.39 is 11.7 Å². The molecule has 1 amide bonds. The number of hydrogen-bond donors (Lipinski definition) is 2. The van der Waals surface area contributed by atoms with E-state index in [2.05, 4.69) is 10.3 Å². The molecule has 1 heterocycles. The molecule has 0 aliphatic rings. The van der Waals surface area contributed by atoms with Crippen molar-refractivity contribution < 1.29 is 9.53 Å². The second kappa shape index (κ2) is 5.98. The Hall–Kier alpha value is -1.68. The molecule has 1 aromatic carbocycles. The second-order valence-electron chi connectivity index (χ2n) is 6.07. The van der Waals surface area contributed by atoms with Crippen molar-refractivity contribution in [3.05, 3.63) is 34.5 Å². The Bertz CT molecular complexity index is 656. The number of aryl methyl sites for hydroxylation is 1. The first kappa shape index (κ1) is 15.7. The van der Waals surface area contributed by atoms with Crippen molar-refractivity contribution in [3.63, 3.8) is 0 Å². The number of amides is 1. The average Bonchev–Trinajstić information content (AvgIpc) is 2.65. The van der Waals surface area contributed by atoms with Crippen molar-refractivity contribution in [2.45, 2.75) is 39.7 Å². The monoisotopic (exact) mass is 308 g/mol. The van der Waals surface area contributed by atoms with Gasteiger partial charge >= 0.3 is 6.09 Å². The van der Waals surface area contributed by atoms with Gasteiger partial charge in [0.1, 0.15) is 5.60 Å². The zero-order chi connectivity index (χ0) is 15.6. The normalized spacial score (nSPS) is 11.7. The van der Waals surface area contributed by atoms with Crippen LogP contribution in [0.2, 0.25) is 5.02 Å². The van der Waals surface area contributed by atoms with Crippen LogP contribution in [0.5, 0.6) is 0 Å². The van der Waals surface area contributed by atoms with Crippen LogP contribution in [0.15, 0.2) is 18.2 Å². The molecule has 0 spiro atoms. The van der Waals surface area contributed by atoms with Gasteiger partial charge in [0.2, 0.25) is 0 Å². The van der Waals surface area contributed by atoms with Gasteiger partial charge in [0, 0.05) is 23.1 Å². The number of carbonyl (C=O) groups is 1. The topological polar surface area (TPSA) is 54.1 Å². The van der Waals surface area contributed by atoms with Gasteiger partial charge < -0.3 is 15.0 Å². The largest absolute Gasteiger partial charge is 0.444 e. The fourth-order valence-electron chi connectivity index (χ4n) is 2.32. The molecule has 0 unspecified atom stereocenters. The number of alkyl carbamates (subject to hydrolysis) is 1. The minimum atomic E-state index is -0.482. The number of ether oxygens (including phenoxy) is 1. The summed E-state index contributed by atoms with van der Waals surface area (Å²) in [7, 11) is 0. The summed E-state index contributed by atoms with van der Waals surface area (Å²) in [6.07, 6.45) is 0.306. The second-order valence-corrected chi connectivity index (χ2v) is 6.48. The molecule has 0 saturated carbocycles. The molecule has 2 N–H and O–H groups in total. The van der Waals surface area contributed by atoms with Crippen LogP contribution in [0.1, 0.15) is 32.0 Å². The van der Waals surface area contributed by atoms with Gasteiger partial charge in [0.05, 0.1) is 5.02 Å². The van der Waals surface area contributed by atoms with E-state index in [0.29, 0.717) is 13.0 Å². The Labute approximate surface area is 129 Å². The number of H-pyrrole nitrogens is 1. The maximum absolute atomic E-state index is 11.6. The molecule has 0 saturated heterocycles. The third kappa shape index (κ3) is 3.91. The highest BCUT2D eigenvalue weighted by Crippen LogP contribution is 2.29. The summed E-state index contributed by atoms with van der Waals surface area (Å²) in [6.45, 7) is 8.05. The summed E-state index contributed by atoms with van der Waals surface area (Å²) in [6, 6.07) is 5.80. The molecule has 0 radical (unpaired) electrons. The summed E-state index contributed by atoms with van der Waals surface area (Å²) in [5.74, 6) is 0. The molecule has 2 aromatic rings. The van der Waals surface area contributed by atoms with Gasteiger partial charge in [-0.25, -0.2) is 4.79 Å². The molecule has 0 bridgehead atoms. The summed E-state index contributed by atoms with van der Waals surface area (Å²) in [4.78, 5) is 15.0. The Morgan fingerprint density at radius 3 is 2.76 bits per heavy atom. The summed E-state index contributed by atoms with van der Waals surface area (Å²) < 4.78 is 5.21. The number of nitrogens with one attached hydrogen (secondary N) is 2. The number of fused-ring (bicyclic) bond motifs is 1. The van der Waals surface area contributed by atoms with Crippen LogP contribution < -0.4 is 5.32 Å². The van der Waals surface area contributed by atoms with Gasteiger partial charge in [-0.05, 0) is 51.8 Å². The van der Waals surface area contributed by atoms with E-state index in [1.54, 1.807) is 0 Å². The molecule has 0 atom stereocenters. The summed E-state index contributed by atoms with van der Waals surface area (Å²) in [5, 5.41) is 4.53. The molecular weight excluding hydrogens is 288 g/mol. The number of hydrogen-bond acceptors (Lipinski definition) is 2. The zero-order valence-electron chi connectivity index (χ0n) is 12.8. The standard InChI is InChI=1S/C16H21ClN2O2/c1-10-11(8-9-18-15(20)21-16(2,3)4)14-12(17)6-5-7-13(14)19-10/h5-7,19H,8-9H2,1-4H3,(H,18,20). The predicted octanol–water partition coefficient (Wildman–Crippen LogP) is 4.20. The molecule has 0 aliphatic heterocycles. The fraction of sp³-hybridized carbons (Fsp3) is 0.438. The highest BCUT2D eigenvalue weighted by atomic mass is 35.5. The van der Waals surface area contributed by atoms with Gasteiger partial charge in [0.25, 0.3) is 0 Å². The van der Waals surface area contributed by atoms with Gasteiger partial charge in [0.15, 0.2) is 0 Å². The Morgan fingerprint density at radius 2 is 2.10 bits per heavy atom. The van der Waals surface area contributed by atoms with Gasteiger partial charge in [-0.2, -0.15) is 0 Å². The highest BCUT2D eigenvalue weighted by molar-refractivity contribution is 6.35. The number of benzene rings is 1. The van der Waals surface area contributed by atoms with Gasteiger partial charge in [-0.15, -0.1) is 0 Å². The Morgan fingerprint density at radius 1 is 1.38 bits per heavy atom. The van der Waals surface area contributed by atoms with Gasteiger partial charge in [-0.3, -0.25) is 0 Å². The number of aromatic nitrogens is 1. The molecule has 114 valence electrons. The van der Waals surface area contributed by atoms with Crippen molar-refractivity contribution in [1.29, 1.82) is 0 Å². The van der Waals surface area contributed by atoms with Gasteiger partial charge in [-0.1, -0.05) is 17.7 Å². The van der Waals surface area contributed by atoms with Crippen LogP contribution in [-0.4, -0.2) is 23.2 Å². The molecule has 5 heteroatoms. The lowest BCUT2D eigenvalue weighted by molar-refractivity contribution is 0.0528. The Kier molecular flexibility index (Phi) is 4.47. The molecule has 21 heavy (non-hydrogen) atoms. The first-order chi connectivity index (χ1) is 9.78. The molecular formula is C16H21ClN2O2. The lowest BCUT2D eigenvalue weighted by atomic mass is 10.1. The lowest BCUT2D eigenvalue weighted by Gasteiger charge is -2.19. The van der Waals surface area contributed by atoms with Crippen molar-refractivity contribution >= 4 is 28.6 Å². The van der Waals surface area contributed by atoms with Crippen LogP contribution in [0.25, 0.3) is 10.9 Å². The van der Waals surface area contributed by atoms with Crippen molar-refractivity contribution in [2.75, 3.05) is 6.54 Å². The van der Waals surface area contributed by atoms with E-state index in [-0.39, 0.29) is 0 Å². The third-order valence-electron chi connectivity index (χ3n) is 3.13. The number of rotatable bonds is 3. The van der Waals surface area contributed by atoms with E-state index in [0.717, 1.165) is 27.2 Å². The van der Waals surface area contributed by atoms with E-state index in [1.165, 1.54) is 0 Å².